The second-order valence-corrected chi connectivity index (χ2v) is 7.18. The molecule has 2 aromatic carbocycles. The van der Waals surface area contributed by atoms with Gasteiger partial charge >= 0.3 is 0 Å². The first-order valence-electron chi connectivity index (χ1n) is 9.00. The summed E-state index contributed by atoms with van der Waals surface area (Å²) in [6, 6.07) is 13.4. The zero-order valence-electron chi connectivity index (χ0n) is 15.4. The van der Waals surface area contributed by atoms with Gasteiger partial charge in [0.2, 0.25) is 11.8 Å². The van der Waals surface area contributed by atoms with Gasteiger partial charge in [-0.3, -0.25) is 19.7 Å². The number of nitrogens with zero attached hydrogens (tertiary/aromatic N) is 2. The second-order valence-electron chi connectivity index (χ2n) is 7.18. The summed E-state index contributed by atoms with van der Waals surface area (Å²) in [5.41, 5.74) is 4.78. The molecular weight excluding hydrogens is 342 g/mol. The molecule has 0 bridgehead atoms. The molecule has 2 aliphatic rings. The van der Waals surface area contributed by atoms with Gasteiger partial charge in [0.25, 0.3) is 5.91 Å². The summed E-state index contributed by atoms with van der Waals surface area (Å²) < 4.78 is 0. The summed E-state index contributed by atoms with van der Waals surface area (Å²) in [4.78, 5) is 40.0. The molecule has 0 saturated carbocycles. The molecule has 0 aromatic heterocycles. The van der Waals surface area contributed by atoms with Crippen molar-refractivity contribution in [3.8, 4) is 11.1 Å². The predicted octanol–water partition coefficient (Wildman–Crippen LogP) is 2.18. The molecule has 2 aromatic rings. The molecule has 0 radical (unpaired) electrons. The Morgan fingerprint density at radius 2 is 1.81 bits per heavy atom. The first-order chi connectivity index (χ1) is 13.0. The summed E-state index contributed by atoms with van der Waals surface area (Å²) in [7, 11) is 4.00. The highest BCUT2D eigenvalue weighted by molar-refractivity contribution is 6.05. The second kappa shape index (κ2) is 6.54. The van der Waals surface area contributed by atoms with E-state index in [2.05, 4.69) is 22.3 Å². The van der Waals surface area contributed by atoms with Gasteiger partial charge in [0, 0.05) is 43.9 Å². The van der Waals surface area contributed by atoms with Crippen LogP contribution in [0.2, 0.25) is 0 Å². The van der Waals surface area contributed by atoms with Crippen molar-refractivity contribution in [1.82, 2.24) is 10.2 Å². The fraction of sp³-hybridized carbons (Fsp3) is 0.286. The van der Waals surface area contributed by atoms with Crippen LogP contribution in [0, 0.1) is 0 Å². The minimum absolute atomic E-state index is 0.146. The van der Waals surface area contributed by atoms with Crippen molar-refractivity contribution in [3.63, 3.8) is 0 Å². The summed E-state index contributed by atoms with van der Waals surface area (Å²) in [5, 5.41) is 2.33. The summed E-state index contributed by atoms with van der Waals surface area (Å²) in [6.07, 6.45) is 0.638. The number of anilines is 1. The number of nitrogens with one attached hydrogen (secondary N) is 1. The maximum atomic E-state index is 12.8. The Kier molecular flexibility index (Phi) is 4.18. The molecule has 6 nitrogen and oxygen atoms in total. The highest BCUT2D eigenvalue weighted by Crippen LogP contribution is 2.34. The maximum Gasteiger partial charge on any atom is 0.255 e. The molecule has 1 fully saturated rings. The van der Waals surface area contributed by atoms with E-state index in [1.54, 1.807) is 4.90 Å². The number of carbonyl (C=O) groups is 3. The quantitative estimate of drug-likeness (QED) is 0.849. The molecule has 3 amide bonds. The van der Waals surface area contributed by atoms with Gasteiger partial charge in [0.05, 0.1) is 0 Å². The van der Waals surface area contributed by atoms with Crippen molar-refractivity contribution in [1.29, 1.82) is 0 Å². The Morgan fingerprint density at radius 1 is 1.04 bits per heavy atom. The third-order valence-corrected chi connectivity index (χ3v) is 5.22. The number of imide groups is 1. The number of para-hydroxylation sites is 1. The van der Waals surface area contributed by atoms with Gasteiger partial charge in [0.1, 0.15) is 6.04 Å². The van der Waals surface area contributed by atoms with E-state index >= 15 is 0 Å². The van der Waals surface area contributed by atoms with Gasteiger partial charge in [-0.1, -0.05) is 24.3 Å². The molecule has 0 aliphatic carbocycles. The Balaban J connectivity index is 1.66. The fourth-order valence-electron chi connectivity index (χ4n) is 3.85. The molecule has 1 atom stereocenters. The van der Waals surface area contributed by atoms with Crippen molar-refractivity contribution >= 4 is 23.4 Å². The van der Waals surface area contributed by atoms with Crippen LogP contribution >= 0.6 is 0 Å². The number of benzene rings is 2. The molecule has 1 unspecified atom stereocenters. The predicted molar refractivity (Wildman–Crippen MR) is 102 cm³/mol. The van der Waals surface area contributed by atoms with Gasteiger partial charge in [-0.2, -0.15) is 0 Å². The molecule has 138 valence electrons. The van der Waals surface area contributed by atoms with E-state index in [4.69, 9.17) is 0 Å². The Labute approximate surface area is 157 Å². The van der Waals surface area contributed by atoms with E-state index in [1.807, 2.05) is 44.4 Å². The number of piperidine rings is 1. The first-order valence-corrected chi connectivity index (χ1v) is 9.00. The summed E-state index contributed by atoms with van der Waals surface area (Å²) in [6.45, 7) is 0.387. The van der Waals surface area contributed by atoms with Crippen molar-refractivity contribution in [2.75, 3.05) is 19.0 Å². The van der Waals surface area contributed by atoms with Crippen LogP contribution in [0.4, 0.5) is 5.69 Å². The fourth-order valence-corrected chi connectivity index (χ4v) is 3.85. The lowest BCUT2D eigenvalue weighted by Crippen LogP contribution is -2.52. The molecule has 2 heterocycles. The van der Waals surface area contributed by atoms with Crippen LogP contribution in [0.3, 0.4) is 0 Å². The normalized spacial score (nSPS) is 19.1. The number of hydrogen-bond acceptors (Lipinski definition) is 4. The van der Waals surface area contributed by atoms with Gasteiger partial charge in [-0.05, 0) is 35.7 Å². The van der Waals surface area contributed by atoms with E-state index < -0.39 is 6.04 Å². The zero-order valence-corrected chi connectivity index (χ0v) is 15.4. The highest BCUT2D eigenvalue weighted by atomic mass is 16.2. The minimum atomic E-state index is -0.583. The Morgan fingerprint density at radius 3 is 2.56 bits per heavy atom. The van der Waals surface area contributed by atoms with Gasteiger partial charge in [-0.15, -0.1) is 0 Å². The molecule has 2 aliphatic heterocycles. The van der Waals surface area contributed by atoms with Crippen molar-refractivity contribution in [3.05, 3.63) is 53.6 Å². The topological polar surface area (TPSA) is 69.7 Å². The number of rotatable bonds is 3. The standard InChI is InChI=1S/C21H21N3O3/c1-23(2)17-6-4-3-5-15(17)13-7-8-16-14(11-13)12-24(21(16)27)18-9-10-19(25)22-20(18)26/h3-8,11,18H,9-10,12H2,1-2H3,(H,22,25,26). The van der Waals surface area contributed by atoms with E-state index in [0.717, 1.165) is 22.4 Å². The third kappa shape index (κ3) is 2.97. The lowest BCUT2D eigenvalue weighted by atomic mass is 9.99. The average Bonchev–Trinajstić information content (AvgIpc) is 2.97. The van der Waals surface area contributed by atoms with E-state index in [0.29, 0.717) is 18.5 Å². The van der Waals surface area contributed by atoms with Gasteiger partial charge in [0.15, 0.2) is 0 Å². The van der Waals surface area contributed by atoms with Crippen LogP contribution in [0.1, 0.15) is 28.8 Å². The first kappa shape index (κ1) is 17.3. The highest BCUT2D eigenvalue weighted by Gasteiger charge is 2.39. The molecule has 0 spiro atoms. The monoisotopic (exact) mass is 363 g/mol. The lowest BCUT2D eigenvalue weighted by molar-refractivity contribution is -0.136. The largest absolute Gasteiger partial charge is 0.377 e. The molecule has 1 N–H and O–H groups in total. The zero-order chi connectivity index (χ0) is 19.1. The number of fused-ring (bicyclic) bond motifs is 1. The average molecular weight is 363 g/mol. The Hall–Kier alpha value is -3.15. The molecular formula is C21H21N3O3. The molecule has 6 heteroatoms. The number of carbonyl (C=O) groups excluding carboxylic acids is 3. The Bertz CT molecular complexity index is 951. The van der Waals surface area contributed by atoms with Crippen LogP contribution in [-0.4, -0.2) is 42.8 Å². The number of amides is 3. The van der Waals surface area contributed by atoms with E-state index in [1.165, 1.54) is 0 Å². The maximum absolute atomic E-state index is 12.8. The molecule has 1 saturated heterocycles. The minimum Gasteiger partial charge on any atom is -0.377 e. The lowest BCUT2D eigenvalue weighted by Gasteiger charge is -2.29. The van der Waals surface area contributed by atoms with Crippen LogP contribution in [-0.2, 0) is 16.1 Å². The van der Waals surface area contributed by atoms with Crippen molar-refractivity contribution in [2.45, 2.75) is 25.4 Å². The molecule has 4 rings (SSSR count). The van der Waals surface area contributed by atoms with E-state index in [-0.39, 0.29) is 24.1 Å². The van der Waals surface area contributed by atoms with Crippen molar-refractivity contribution in [2.24, 2.45) is 0 Å². The van der Waals surface area contributed by atoms with Crippen LogP contribution in [0.15, 0.2) is 42.5 Å². The smallest absolute Gasteiger partial charge is 0.255 e. The molecule has 27 heavy (non-hydrogen) atoms. The number of hydrogen-bond donors (Lipinski definition) is 1. The van der Waals surface area contributed by atoms with E-state index in [9.17, 15) is 14.4 Å². The van der Waals surface area contributed by atoms with Crippen LogP contribution < -0.4 is 10.2 Å². The van der Waals surface area contributed by atoms with Crippen LogP contribution in [0.5, 0.6) is 0 Å². The van der Waals surface area contributed by atoms with Crippen molar-refractivity contribution < 1.29 is 14.4 Å². The third-order valence-electron chi connectivity index (χ3n) is 5.22. The van der Waals surface area contributed by atoms with Crippen LogP contribution in [0.25, 0.3) is 11.1 Å². The SMILES string of the molecule is CN(C)c1ccccc1-c1ccc2c(c1)CN(C1CCC(=O)NC1=O)C2=O. The summed E-state index contributed by atoms with van der Waals surface area (Å²) in [5.74, 6) is -0.805. The summed E-state index contributed by atoms with van der Waals surface area (Å²) >= 11 is 0. The van der Waals surface area contributed by atoms with Gasteiger partial charge < -0.3 is 9.80 Å². The van der Waals surface area contributed by atoms with Gasteiger partial charge in [-0.25, -0.2) is 0 Å².